The first-order valence-corrected chi connectivity index (χ1v) is 8.26. The van der Waals surface area contributed by atoms with Crippen molar-refractivity contribution in [3.8, 4) is 5.75 Å². The average Bonchev–Trinajstić information content (AvgIpc) is 2.42. The molecule has 108 valence electrons. The zero-order valence-electron chi connectivity index (χ0n) is 12.1. The molecule has 3 nitrogen and oxygen atoms in total. The zero-order valence-corrected chi connectivity index (χ0v) is 13.0. The summed E-state index contributed by atoms with van der Waals surface area (Å²) in [6.07, 6.45) is 4.61. The molecule has 0 amide bonds. The number of rotatable bonds is 8. The van der Waals surface area contributed by atoms with Crippen molar-refractivity contribution in [3.63, 3.8) is 0 Å². The third-order valence-electron chi connectivity index (χ3n) is 3.36. The molecule has 1 rings (SSSR count). The normalized spacial score (nSPS) is 14.1. The van der Waals surface area contributed by atoms with Gasteiger partial charge in [-0.05, 0) is 24.5 Å². The van der Waals surface area contributed by atoms with Crippen LogP contribution in [0.4, 0.5) is 5.69 Å². The van der Waals surface area contributed by atoms with Gasteiger partial charge in [0, 0.05) is 17.5 Å². The fourth-order valence-corrected chi connectivity index (χ4v) is 3.67. The Morgan fingerprint density at radius 2 is 2.11 bits per heavy atom. The average molecular weight is 283 g/mol. The highest BCUT2D eigenvalue weighted by molar-refractivity contribution is 7.85. The van der Waals surface area contributed by atoms with Crippen molar-refractivity contribution in [1.29, 1.82) is 0 Å². The van der Waals surface area contributed by atoms with Gasteiger partial charge < -0.3 is 10.5 Å². The number of hydrogen-bond acceptors (Lipinski definition) is 3. The number of methoxy groups -OCH3 is 1. The maximum Gasteiger partial charge on any atom is 0.137 e. The van der Waals surface area contributed by atoms with Crippen LogP contribution < -0.4 is 10.5 Å². The first-order valence-electron chi connectivity index (χ1n) is 6.94. The van der Waals surface area contributed by atoms with Crippen molar-refractivity contribution in [3.05, 3.63) is 18.2 Å². The molecule has 0 aliphatic heterocycles. The van der Waals surface area contributed by atoms with E-state index in [1.165, 1.54) is 12.8 Å². The maximum atomic E-state index is 12.5. The van der Waals surface area contributed by atoms with E-state index in [1.54, 1.807) is 19.2 Å². The second kappa shape index (κ2) is 8.20. The van der Waals surface area contributed by atoms with Gasteiger partial charge in [0.2, 0.25) is 0 Å². The number of benzene rings is 1. The SMILES string of the molecule is CCCCC(CC)CS(=O)c1ccc(N)cc1OC. The van der Waals surface area contributed by atoms with Crippen LogP contribution in [-0.4, -0.2) is 17.1 Å². The van der Waals surface area contributed by atoms with Crippen LogP contribution in [0.2, 0.25) is 0 Å². The molecule has 0 aromatic heterocycles. The summed E-state index contributed by atoms with van der Waals surface area (Å²) in [6, 6.07) is 5.33. The lowest BCUT2D eigenvalue weighted by Crippen LogP contribution is -2.11. The van der Waals surface area contributed by atoms with Crippen molar-refractivity contribution < 1.29 is 8.95 Å². The highest BCUT2D eigenvalue weighted by atomic mass is 32.2. The van der Waals surface area contributed by atoms with E-state index in [4.69, 9.17) is 10.5 Å². The van der Waals surface area contributed by atoms with Crippen LogP contribution in [0, 0.1) is 5.92 Å². The van der Waals surface area contributed by atoms with Crippen molar-refractivity contribution in [1.82, 2.24) is 0 Å². The lowest BCUT2D eigenvalue weighted by atomic mass is 10.0. The van der Waals surface area contributed by atoms with Crippen LogP contribution >= 0.6 is 0 Å². The van der Waals surface area contributed by atoms with Crippen molar-refractivity contribution in [2.75, 3.05) is 18.6 Å². The molecule has 4 heteroatoms. The largest absolute Gasteiger partial charge is 0.495 e. The number of unbranched alkanes of at least 4 members (excludes halogenated alkanes) is 1. The number of nitrogens with two attached hydrogens (primary N) is 1. The molecule has 1 aromatic rings. The van der Waals surface area contributed by atoms with E-state index < -0.39 is 10.8 Å². The van der Waals surface area contributed by atoms with Crippen LogP contribution in [0.3, 0.4) is 0 Å². The van der Waals surface area contributed by atoms with E-state index >= 15 is 0 Å². The Hall–Kier alpha value is -1.03. The fourth-order valence-electron chi connectivity index (χ4n) is 2.07. The van der Waals surface area contributed by atoms with E-state index in [-0.39, 0.29) is 0 Å². The standard InChI is InChI=1S/C15H25NO2S/c1-4-6-7-12(5-2)11-19(17)15-9-8-13(16)10-14(15)18-3/h8-10,12H,4-7,11,16H2,1-3H3. The molecule has 0 aliphatic carbocycles. The molecule has 19 heavy (non-hydrogen) atoms. The predicted octanol–water partition coefficient (Wildman–Crippen LogP) is 3.60. The Balaban J connectivity index is 2.76. The molecule has 2 unspecified atom stereocenters. The monoisotopic (exact) mass is 283 g/mol. The number of nitrogen functional groups attached to an aromatic ring is 1. The van der Waals surface area contributed by atoms with E-state index in [0.717, 1.165) is 17.7 Å². The summed E-state index contributed by atoms with van der Waals surface area (Å²) >= 11 is 0. The third-order valence-corrected chi connectivity index (χ3v) is 4.97. The maximum absolute atomic E-state index is 12.5. The Kier molecular flexibility index (Phi) is 6.92. The van der Waals surface area contributed by atoms with Gasteiger partial charge in [-0.3, -0.25) is 4.21 Å². The fraction of sp³-hybridized carbons (Fsp3) is 0.600. The Morgan fingerprint density at radius 1 is 1.37 bits per heavy atom. The van der Waals surface area contributed by atoms with Crippen LogP contribution in [-0.2, 0) is 10.8 Å². The molecular weight excluding hydrogens is 258 g/mol. The summed E-state index contributed by atoms with van der Waals surface area (Å²) in [5.41, 5.74) is 6.35. The van der Waals surface area contributed by atoms with Crippen LogP contribution in [0.5, 0.6) is 5.75 Å². The smallest absolute Gasteiger partial charge is 0.137 e. The highest BCUT2D eigenvalue weighted by Crippen LogP contribution is 2.27. The van der Waals surface area contributed by atoms with Gasteiger partial charge in [0.15, 0.2) is 0 Å². The summed E-state index contributed by atoms with van der Waals surface area (Å²) in [4.78, 5) is 0.756. The van der Waals surface area contributed by atoms with E-state index in [9.17, 15) is 4.21 Å². The van der Waals surface area contributed by atoms with Crippen molar-refractivity contribution in [2.45, 2.75) is 44.4 Å². The molecule has 2 N–H and O–H groups in total. The van der Waals surface area contributed by atoms with Gasteiger partial charge in [0.25, 0.3) is 0 Å². The van der Waals surface area contributed by atoms with Gasteiger partial charge in [-0.25, -0.2) is 0 Å². The number of ether oxygens (including phenoxy) is 1. The molecule has 0 fully saturated rings. The van der Waals surface area contributed by atoms with Crippen LogP contribution in [0.1, 0.15) is 39.5 Å². The van der Waals surface area contributed by atoms with Gasteiger partial charge in [-0.2, -0.15) is 0 Å². The summed E-state index contributed by atoms with van der Waals surface area (Å²) < 4.78 is 17.7. The van der Waals surface area contributed by atoms with Gasteiger partial charge in [-0.1, -0.05) is 33.1 Å². The van der Waals surface area contributed by atoms with Gasteiger partial charge in [-0.15, -0.1) is 0 Å². The van der Waals surface area contributed by atoms with Crippen LogP contribution in [0.25, 0.3) is 0 Å². The third kappa shape index (κ3) is 4.86. The minimum Gasteiger partial charge on any atom is -0.495 e. The minimum atomic E-state index is -1.02. The number of anilines is 1. The molecule has 2 atom stereocenters. The summed E-state index contributed by atoms with van der Waals surface area (Å²) in [6.45, 7) is 4.35. The molecular formula is C15H25NO2S. The minimum absolute atomic E-state index is 0.517. The summed E-state index contributed by atoms with van der Waals surface area (Å²) in [5.74, 6) is 1.85. The molecule has 0 heterocycles. The van der Waals surface area contributed by atoms with Crippen LogP contribution in [0.15, 0.2) is 23.1 Å². The number of hydrogen-bond donors (Lipinski definition) is 1. The molecule has 0 spiro atoms. The first-order chi connectivity index (χ1) is 9.12. The summed E-state index contributed by atoms with van der Waals surface area (Å²) in [5, 5.41) is 0. The zero-order chi connectivity index (χ0) is 14.3. The Bertz CT molecular complexity index is 421. The molecule has 0 radical (unpaired) electrons. The molecule has 0 saturated carbocycles. The Labute approximate surface area is 119 Å². The van der Waals surface area contributed by atoms with Crippen molar-refractivity contribution >= 4 is 16.5 Å². The molecule has 0 aliphatic rings. The van der Waals surface area contributed by atoms with Gasteiger partial charge in [0.05, 0.1) is 22.8 Å². The first kappa shape index (κ1) is 16.0. The topological polar surface area (TPSA) is 52.3 Å². The van der Waals surface area contributed by atoms with E-state index in [1.807, 2.05) is 6.07 Å². The lowest BCUT2D eigenvalue weighted by molar-refractivity contribution is 0.404. The Morgan fingerprint density at radius 3 is 2.68 bits per heavy atom. The molecule has 1 aromatic carbocycles. The van der Waals surface area contributed by atoms with Gasteiger partial charge >= 0.3 is 0 Å². The molecule has 0 bridgehead atoms. The summed E-state index contributed by atoms with van der Waals surface area (Å²) in [7, 11) is 0.570. The second-order valence-electron chi connectivity index (χ2n) is 4.84. The predicted molar refractivity (Wildman–Crippen MR) is 82.0 cm³/mol. The second-order valence-corrected chi connectivity index (χ2v) is 6.30. The van der Waals surface area contributed by atoms with Gasteiger partial charge in [0.1, 0.15) is 5.75 Å². The van der Waals surface area contributed by atoms with E-state index in [2.05, 4.69) is 13.8 Å². The van der Waals surface area contributed by atoms with Crippen molar-refractivity contribution in [2.24, 2.45) is 5.92 Å². The van der Waals surface area contributed by atoms with E-state index in [0.29, 0.717) is 23.1 Å². The lowest BCUT2D eigenvalue weighted by Gasteiger charge is -2.15. The highest BCUT2D eigenvalue weighted by Gasteiger charge is 2.16. The molecule has 0 saturated heterocycles. The quantitative estimate of drug-likeness (QED) is 0.742.